The molecule has 1 saturated carbocycles. The maximum Gasteiger partial charge on any atom is 0.332 e. The number of fused-ring (bicyclic) bond motifs is 4. The van der Waals surface area contributed by atoms with E-state index in [4.69, 9.17) is 14.2 Å². The predicted molar refractivity (Wildman–Crippen MR) is 130 cm³/mol. The number of aliphatic hydroxyl groups is 1. The van der Waals surface area contributed by atoms with Crippen molar-refractivity contribution in [2.45, 2.75) is 56.5 Å². The fourth-order valence-corrected chi connectivity index (χ4v) is 6.66. The van der Waals surface area contributed by atoms with Crippen LogP contribution in [-0.4, -0.2) is 41.5 Å². The van der Waals surface area contributed by atoms with E-state index in [-0.39, 0.29) is 11.8 Å². The zero-order valence-corrected chi connectivity index (χ0v) is 20.1. The summed E-state index contributed by atoms with van der Waals surface area (Å²) in [6.07, 6.45) is 4.37. The first-order valence-electron chi connectivity index (χ1n) is 12.4. The first-order chi connectivity index (χ1) is 16.9. The zero-order chi connectivity index (χ0) is 24.6. The van der Waals surface area contributed by atoms with Crippen LogP contribution in [0.15, 0.2) is 66.7 Å². The van der Waals surface area contributed by atoms with Gasteiger partial charge in [0.15, 0.2) is 0 Å². The number of carbonyl (C=O) groups is 2. The zero-order valence-electron chi connectivity index (χ0n) is 20.1. The topological polar surface area (TPSA) is 82.1 Å². The van der Waals surface area contributed by atoms with Gasteiger partial charge in [0.2, 0.25) is 0 Å². The van der Waals surface area contributed by atoms with Crippen molar-refractivity contribution in [2.75, 3.05) is 6.61 Å². The summed E-state index contributed by atoms with van der Waals surface area (Å²) < 4.78 is 18.9. The minimum Gasteiger partial charge on any atom is -0.457 e. The van der Waals surface area contributed by atoms with Gasteiger partial charge in [0, 0.05) is 18.4 Å². The third kappa shape index (κ3) is 4.09. The molecular formula is C29H32O6. The number of aliphatic hydroxyl groups excluding tert-OH is 1. The van der Waals surface area contributed by atoms with Crippen molar-refractivity contribution in [3.8, 4) is 0 Å². The molecule has 2 bridgehead atoms. The molecule has 2 aliphatic heterocycles. The van der Waals surface area contributed by atoms with Gasteiger partial charge < -0.3 is 19.3 Å². The summed E-state index contributed by atoms with van der Waals surface area (Å²) in [6, 6.07) is 19.4. The largest absolute Gasteiger partial charge is 0.457 e. The van der Waals surface area contributed by atoms with Crippen LogP contribution in [0.4, 0.5) is 0 Å². The Hall–Kier alpha value is -2.96. The molecule has 0 amide bonds. The summed E-state index contributed by atoms with van der Waals surface area (Å²) in [7, 11) is 0. The maximum absolute atomic E-state index is 13.1. The number of carbonyl (C=O) groups excluding carboxylic acids is 2. The van der Waals surface area contributed by atoms with E-state index in [0.29, 0.717) is 12.3 Å². The van der Waals surface area contributed by atoms with Gasteiger partial charge in [0.25, 0.3) is 0 Å². The Kier molecular flexibility index (Phi) is 6.28. The van der Waals surface area contributed by atoms with Crippen molar-refractivity contribution in [1.29, 1.82) is 0 Å². The monoisotopic (exact) mass is 476 g/mol. The van der Waals surface area contributed by atoms with Gasteiger partial charge >= 0.3 is 11.9 Å². The second-order valence-electron chi connectivity index (χ2n) is 10.2. The van der Waals surface area contributed by atoms with E-state index in [9.17, 15) is 14.7 Å². The Bertz CT molecular complexity index is 1100. The molecular weight excluding hydrogens is 444 g/mol. The van der Waals surface area contributed by atoms with Crippen LogP contribution in [-0.2, 0) is 29.4 Å². The van der Waals surface area contributed by atoms with Gasteiger partial charge in [-0.2, -0.15) is 0 Å². The van der Waals surface area contributed by atoms with Crippen LogP contribution in [0.2, 0.25) is 0 Å². The second-order valence-corrected chi connectivity index (χ2v) is 10.2. The standard InChI is InChI=1S/C29H32O6/c1-19-13-15-22-26(19)27(34-24(31)16-14-20-9-5-3-6-10-20)29(21-11-7-4-8-12-21)17-23(28(22,2)35-29)33-25(32)18-30/h3-12,14,16,19,22-23,26-27,30H,13,15,17-18H2,1-2H3/b16-14+. The molecule has 2 heterocycles. The molecule has 3 fully saturated rings. The number of esters is 2. The summed E-state index contributed by atoms with van der Waals surface area (Å²) in [6.45, 7) is 3.53. The predicted octanol–water partition coefficient (Wildman–Crippen LogP) is 4.27. The number of rotatable bonds is 6. The fraction of sp³-hybridized carbons (Fsp3) is 0.448. The molecule has 0 aromatic heterocycles. The maximum atomic E-state index is 13.1. The van der Waals surface area contributed by atoms with Crippen LogP contribution in [0.3, 0.4) is 0 Å². The average Bonchev–Trinajstić information content (AvgIpc) is 3.39. The van der Waals surface area contributed by atoms with Gasteiger partial charge in [-0.3, -0.25) is 0 Å². The minimum atomic E-state index is -0.952. The van der Waals surface area contributed by atoms with E-state index in [0.717, 1.165) is 24.0 Å². The Morgan fingerprint density at radius 2 is 1.74 bits per heavy atom. The Labute approximate surface area is 205 Å². The summed E-state index contributed by atoms with van der Waals surface area (Å²) in [5.74, 6) is -0.660. The van der Waals surface area contributed by atoms with Crippen molar-refractivity contribution < 1.29 is 28.9 Å². The Balaban J connectivity index is 1.54. The fourth-order valence-electron chi connectivity index (χ4n) is 6.66. The lowest BCUT2D eigenvalue weighted by Crippen LogP contribution is -2.59. The lowest BCUT2D eigenvalue weighted by Gasteiger charge is -2.51. The van der Waals surface area contributed by atoms with Crippen molar-refractivity contribution in [2.24, 2.45) is 17.8 Å². The molecule has 1 N–H and O–H groups in total. The van der Waals surface area contributed by atoms with Crippen LogP contribution >= 0.6 is 0 Å². The normalized spacial score (nSPS) is 35.6. The quantitative estimate of drug-likeness (QED) is 0.495. The number of benzene rings is 2. The van der Waals surface area contributed by atoms with E-state index >= 15 is 0 Å². The average molecular weight is 477 g/mol. The van der Waals surface area contributed by atoms with E-state index in [1.807, 2.05) is 67.6 Å². The molecule has 184 valence electrons. The first-order valence-corrected chi connectivity index (χ1v) is 12.4. The molecule has 2 saturated heterocycles. The molecule has 3 aliphatic rings. The van der Waals surface area contributed by atoms with Crippen molar-refractivity contribution in [3.63, 3.8) is 0 Å². The van der Waals surface area contributed by atoms with Gasteiger partial charge in [0.05, 0.1) is 0 Å². The number of hydrogen-bond donors (Lipinski definition) is 1. The third-order valence-corrected chi connectivity index (χ3v) is 8.25. The number of ether oxygens (including phenoxy) is 3. The van der Waals surface area contributed by atoms with Crippen LogP contribution in [0.1, 0.15) is 44.2 Å². The van der Waals surface area contributed by atoms with Crippen molar-refractivity contribution in [1.82, 2.24) is 0 Å². The summed E-state index contributed by atoms with van der Waals surface area (Å²) >= 11 is 0. The SMILES string of the molecule is CC1CCC2C1C(OC(=O)/C=C/c1ccccc1)C1(c3ccccc3)CC(OC(=O)CO)C2(C)O1. The minimum absolute atomic E-state index is 0.0564. The highest BCUT2D eigenvalue weighted by molar-refractivity contribution is 5.87. The third-order valence-electron chi connectivity index (χ3n) is 8.25. The van der Waals surface area contributed by atoms with Gasteiger partial charge in [0.1, 0.15) is 30.0 Å². The van der Waals surface area contributed by atoms with Gasteiger partial charge in [-0.1, -0.05) is 67.6 Å². The van der Waals surface area contributed by atoms with E-state index in [2.05, 4.69) is 6.92 Å². The number of hydrogen-bond acceptors (Lipinski definition) is 6. The molecule has 2 aromatic carbocycles. The molecule has 5 rings (SSSR count). The Morgan fingerprint density at radius 1 is 1.06 bits per heavy atom. The second kappa shape index (κ2) is 9.25. The highest BCUT2D eigenvalue weighted by atomic mass is 16.6. The molecule has 6 nitrogen and oxygen atoms in total. The van der Waals surface area contributed by atoms with Crippen LogP contribution in [0.5, 0.6) is 0 Å². The van der Waals surface area contributed by atoms with Crippen LogP contribution in [0, 0.1) is 17.8 Å². The molecule has 7 unspecified atom stereocenters. The highest BCUT2D eigenvalue weighted by Gasteiger charge is 2.72. The van der Waals surface area contributed by atoms with Crippen LogP contribution < -0.4 is 0 Å². The smallest absolute Gasteiger partial charge is 0.332 e. The lowest BCUT2D eigenvalue weighted by atomic mass is 9.70. The van der Waals surface area contributed by atoms with E-state index in [1.54, 1.807) is 6.08 Å². The molecule has 7 atom stereocenters. The highest BCUT2D eigenvalue weighted by Crippen LogP contribution is 2.64. The molecule has 1 aliphatic carbocycles. The van der Waals surface area contributed by atoms with Crippen LogP contribution in [0.25, 0.3) is 6.08 Å². The lowest BCUT2D eigenvalue weighted by molar-refractivity contribution is -0.257. The summed E-state index contributed by atoms with van der Waals surface area (Å²) in [5.41, 5.74) is 0.125. The molecule has 2 aromatic rings. The van der Waals surface area contributed by atoms with Gasteiger partial charge in [-0.05, 0) is 48.8 Å². The van der Waals surface area contributed by atoms with E-state index in [1.165, 1.54) is 6.08 Å². The summed E-state index contributed by atoms with van der Waals surface area (Å²) in [5, 5.41) is 9.36. The van der Waals surface area contributed by atoms with Gasteiger partial charge in [-0.15, -0.1) is 0 Å². The first kappa shape index (κ1) is 23.8. The summed E-state index contributed by atoms with van der Waals surface area (Å²) in [4.78, 5) is 25.3. The molecule has 35 heavy (non-hydrogen) atoms. The molecule has 6 heteroatoms. The molecule has 0 radical (unpaired) electrons. The van der Waals surface area contributed by atoms with E-state index < -0.39 is 42.0 Å². The Morgan fingerprint density at radius 3 is 2.43 bits per heavy atom. The van der Waals surface area contributed by atoms with Crippen molar-refractivity contribution in [3.05, 3.63) is 77.9 Å². The van der Waals surface area contributed by atoms with Gasteiger partial charge in [-0.25, -0.2) is 9.59 Å². The molecule has 0 spiro atoms. The van der Waals surface area contributed by atoms with Crippen molar-refractivity contribution >= 4 is 18.0 Å².